The molecule has 0 aliphatic heterocycles. The Morgan fingerprint density at radius 3 is 2.18 bits per heavy atom. The SMILES string of the molecule is C#CC1=C(/C=C\CC(=C/C(=C)/C(C)=C/C)/N=C(C)\C(\C=C/C)=C\C=C)c2ccccc2C12C1=C(C=CC=C=C1)C1(C3=C(c4ccccc41)C(C)CC=C3)c1ccccc12.C=CC. The van der Waals surface area contributed by atoms with Gasteiger partial charge in [0, 0.05) is 23.4 Å². The lowest BCUT2D eigenvalue weighted by Gasteiger charge is -2.49. The Balaban J connectivity index is 0.00000187. The van der Waals surface area contributed by atoms with Crippen molar-refractivity contribution in [2.45, 2.75) is 65.2 Å². The molecule has 0 N–H and O–H groups in total. The van der Waals surface area contributed by atoms with Crippen molar-refractivity contribution in [3.63, 3.8) is 0 Å². The van der Waals surface area contributed by atoms with Crippen molar-refractivity contribution in [1.82, 2.24) is 0 Å². The number of hydrogen-bond donors (Lipinski definition) is 0. The maximum absolute atomic E-state index is 6.86. The van der Waals surface area contributed by atoms with Gasteiger partial charge in [0.15, 0.2) is 0 Å². The van der Waals surface area contributed by atoms with Crippen LogP contribution in [-0.2, 0) is 10.8 Å². The van der Waals surface area contributed by atoms with Gasteiger partial charge in [0.2, 0.25) is 0 Å². The van der Waals surface area contributed by atoms with Gasteiger partial charge in [-0.05, 0) is 143 Å². The molecular formula is C61H57N. The molecule has 3 aromatic carbocycles. The van der Waals surface area contributed by atoms with Gasteiger partial charge in [0.1, 0.15) is 0 Å². The molecule has 8 rings (SSSR count). The largest absolute Gasteiger partial charge is 0.257 e. The van der Waals surface area contributed by atoms with E-state index in [2.05, 4.69) is 179 Å². The summed E-state index contributed by atoms with van der Waals surface area (Å²) >= 11 is 0. The molecule has 0 radical (unpaired) electrons. The second kappa shape index (κ2) is 18.3. The summed E-state index contributed by atoms with van der Waals surface area (Å²) in [6.07, 6.45) is 40.3. The van der Waals surface area contributed by atoms with Gasteiger partial charge >= 0.3 is 0 Å². The second-order valence-electron chi connectivity index (χ2n) is 16.3. The lowest BCUT2D eigenvalue weighted by Crippen LogP contribution is -2.44. The van der Waals surface area contributed by atoms with Gasteiger partial charge in [-0.15, -0.1) is 18.7 Å². The van der Waals surface area contributed by atoms with Gasteiger partial charge in [-0.3, -0.25) is 4.99 Å². The smallest absolute Gasteiger partial charge is 0.0804 e. The van der Waals surface area contributed by atoms with Crippen LogP contribution in [0, 0.1) is 18.3 Å². The van der Waals surface area contributed by atoms with Crippen LogP contribution in [0.2, 0.25) is 0 Å². The van der Waals surface area contributed by atoms with Crippen molar-refractivity contribution in [2.75, 3.05) is 0 Å². The number of rotatable bonds is 9. The molecule has 0 amide bonds. The van der Waals surface area contributed by atoms with Gasteiger partial charge in [0.05, 0.1) is 10.8 Å². The molecule has 5 aliphatic rings. The quantitative estimate of drug-likeness (QED) is 0.0672. The van der Waals surface area contributed by atoms with E-state index < -0.39 is 10.8 Å². The number of nitrogens with zero attached hydrogens (tertiary/aromatic N) is 1. The fourth-order valence-corrected chi connectivity index (χ4v) is 10.2. The predicted molar refractivity (Wildman–Crippen MR) is 268 cm³/mol. The maximum Gasteiger partial charge on any atom is 0.0804 e. The molecule has 62 heavy (non-hydrogen) atoms. The summed E-state index contributed by atoms with van der Waals surface area (Å²) in [5.74, 6) is 3.74. The van der Waals surface area contributed by atoms with E-state index in [1.54, 1.807) is 12.2 Å². The molecule has 3 atom stereocenters. The van der Waals surface area contributed by atoms with Gasteiger partial charge in [-0.2, -0.15) is 0 Å². The highest BCUT2D eigenvalue weighted by molar-refractivity contribution is 6.02. The van der Waals surface area contributed by atoms with Crippen LogP contribution >= 0.6 is 0 Å². The standard InChI is InChI=1S/C58H51N.C3H6/c1-9-24-43(25-10-2)42(8)59-44(38-41(7)39(5)11-3)27-23-30-45-46-28-16-18-31-49(46)57(48(45)12-4)51-33-14-13-15-34-53(51)58(54-36-21-20-35-52(54)57)50-32-19-17-29-47(50)56-40(6)26-22-37-55(56)58;1-3-2/h4,9-11,13,15-25,28-38,40H,1,7,26-27H2,2-3,5-6,8H3;3H,1H2,2H3/b25-10-,30-23-,39-11+,43-24+,44-38-,59-42-;. The summed E-state index contributed by atoms with van der Waals surface area (Å²) in [6.45, 7) is 24.1. The van der Waals surface area contributed by atoms with E-state index in [1.165, 1.54) is 50.1 Å². The van der Waals surface area contributed by atoms with Crippen molar-refractivity contribution >= 4 is 16.9 Å². The molecule has 1 nitrogen and oxygen atoms in total. The van der Waals surface area contributed by atoms with Crippen LogP contribution in [0.3, 0.4) is 0 Å². The van der Waals surface area contributed by atoms with Crippen LogP contribution in [0.5, 0.6) is 0 Å². The zero-order valence-electron chi connectivity index (χ0n) is 37.2. The fraction of sp³-hybridized carbons (Fsp3) is 0.180. The van der Waals surface area contributed by atoms with Crippen molar-refractivity contribution in [3.8, 4) is 12.3 Å². The number of terminal acetylenes is 1. The molecule has 3 unspecified atom stereocenters. The maximum atomic E-state index is 6.86. The molecule has 0 aromatic heterocycles. The van der Waals surface area contributed by atoms with Crippen LogP contribution in [0.4, 0.5) is 0 Å². The summed E-state index contributed by atoms with van der Waals surface area (Å²) in [4.78, 5) is 5.17. The Morgan fingerprint density at radius 1 is 0.871 bits per heavy atom. The number of fused-ring (bicyclic) bond motifs is 11. The van der Waals surface area contributed by atoms with E-state index in [1.807, 2.05) is 45.9 Å². The fourth-order valence-electron chi connectivity index (χ4n) is 10.2. The number of allylic oxidation sites excluding steroid dienone is 23. The van der Waals surface area contributed by atoms with Gasteiger partial charge in [-0.1, -0.05) is 172 Å². The van der Waals surface area contributed by atoms with Crippen LogP contribution in [0.15, 0.2) is 239 Å². The van der Waals surface area contributed by atoms with Gasteiger partial charge < -0.3 is 0 Å². The molecule has 0 saturated carbocycles. The first-order valence-electron chi connectivity index (χ1n) is 21.7. The average Bonchev–Trinajstić information content (AvgIpc) is 3.58. The molecule has 0 heterocycles. The minimum absolute atomic E-state index is 0.398. The van der Waals surface area contributed by atoms with E-state index in [9.17, 15) is 0 Å². The Hall–Kier alpha value is -6.97. The lowest BCUT2D eigenvalue weighted by molar-refractivity contribution is 0.628. The Labute approximate surface area is 371 Å². The van der Waals surface area contributed by atoms with Crippen LogP contribution in [0.25, 0.3) is 11.1 Å². The van der Waals surface area contributed by atoms with Crippen LogP contribution < -0.4 is 0 Å². The molecule has 5 aliphatic carbocycles. The van der Waals surface area contributed by atoms with Crippen molar-refractivity contribution in [2.24, 2.45) is 10.9 Å². The Morgan fingerprint density at radius 2 is 1.52 bits per heavy atom. The highest BCUT2D eigenvalue weighted by atomic mass is 14.8. The van der Waals surface area contributed by atoms with E-state index in [4.69, 9.17) is 11.4 Å². The third kappa shape index (κ3) is 6.92. The monoisotopic (exact) mass is 803 g/mol. The molecule has 1 heteroatoms. The first kappa shape index (κ1) is 43.1. The van der Waals surface area contributed by atoms with E-state index in [0.717, 1.165) is 51.3 Å². The molecule has 2 spiro atoms. The Kier molecular flexibility index (Phi) is 12.8. The number of aliphatic imine (C=N–C) groups is 1. The normalized spacial score (nSPS) is 22.4. The van der Waals surface area contributed by atoms with Crippen molar-refractivity contribution < 1.29 is 0 Å². The second-order valence-corrected chi connectivity index (χ2v) is 16.3. The summed E-state index contributed by atoms with van der Waals surface area (Å²) in [5.41, 5.74) is 21.9. The van der Waals surface area contributed by atoms with Crippen LogP contribution in [-0.4, -0.2) is 5.71 Å². The molecule has 0 saturated heterocycles. The number of benzene rings is 3. The van der Waals surface area contributed by atoms with E-state index in [0.29, 0.717) is 12.3 Å². The molecule has 0 bridgehead atoms. The van der Waals surface area contributed by atoms with Crippen LogP contribution in [0.1, 0.15) is 87.8 Å². The molecule has 3 aromatic rings. The minimum atomic E-state index is -0.748. The van der Waals surface area contributed by atoms with E-state index in [-0.39, 0.29) is 0 Å². The highest BCUT2D eigenvalue weighted by Gasteiger charge is 2.60. The summed E-state index contributed by atoms with van der Waals surface area (Å²) < 4.78 is 0. The number of hydrogen-bond acceptors (Lipinski definition) is 1. The third-order valence-corrected chi connectivity index (χ3v) is 12.8. The molecule has 0 fully saturated rings. The zero-order valence-corrected chi connectivity index (χ0v) is 37.2. The highest BCUT2D eigenvalue weighted by Crippen LogP contribution is 2.68. The Bertz CT molecular complexity index is 2840. The summed E-state index contributed by atoms with van der Waals surface area (Å²) in [6, 6.07) is 27.0. The van der Waals surface area contributed by atoms with E-state index >= 15 is 0 Å². The first-order chi connectivity index (χ1) is 30.2. The molecule has 306 valence electrons. The lowest BCUT2D eigenvalue weighted by atomic mass is 9.51. The predicted octanol–water partition coefficient (Wildman–Crippen LogP) is 15.3. The van der Waals surface area contributed by atoms with Crippen molar-refractivity contribution in [1.29, 1.82) is 0 Å². The third-order valence-electron chi connectivity index (χ3n) is 12.8. The molecular weight excluding hydrogens is 747 g/mol. The topological polar surface area (TPSA) is 12.4 Å². The average molecular weight is 804 g/mol. The van der Waals surface area contributed by atoms with Crippen molar-refractivity contribution in [3.05, 3.63) is 267 Å². The zero-order chi connectivity index (χ0) is 44.0. The summed E-state index contributed by atoms with van der Waals surface area (Å²) in [7, 11) is 0. The minimum Gasteiger partial charge on any atom is -0.257 e. The van der Waals surface area contributed by atoms with Gasteiger partial charge in [-0.25, -0.2) is 0 Å². The summed E-state index contributed by atoms with van der Waals surface area (Å²) in [5, 5.41) is 0. The van der Waals surface area contributed by atoms with Gasteiger partial charge in [0.25, 0.3) is 0 Å². The first-order valence-corrected chi connectivity index (χ1v) is 21.7.